The molecule has 0 aliphatic heterocycles. The number of nitrogens with one attached hydrogen (secondary N) is 1. The Balaban J connectivity index is 2.52. The maximum atomic E-state index is 3.14. The highest BCUT2D eigenvalue weighted by Crippen LogP contribution is 2.23. The Morgan fingerprint density at radius 3 is 2.83 bits per heavy atom. The van der Waals surface area contributed by atoms with E-state index in [4.69, 9.17) is 0 Å². The molecule has 0 spiro atoms. The molecule has 0 bridgehead atoms. The summed E-state index contributed by atoms with van der Waals surface area (Å²) in [6, 6.07) is 2.18. The second kappa shape index (κ2) is 4.48. The van der Waals surface area contributed by atoms with Crippen molar-refractivity contribution in [2.75, 3.05) is 32.1 Å². The standard InChI is InChI=1S/C9H16N2S/c1-8-9(4-7-12-8)11(3)6-5-10-2/h4,7,10H,5-6H2,1-3H3. The van der Waals surface area contributed by atoms with E-state index in [1.807, 2.05) is 7.05 Å². The molecule has 1 aromatic heterocycles. The van der Waals surface area contributed by atoms with Gasteiger partial charge in [0.15, 0.2) is 0 Å². The minimum Gasteiger partial charge on any atom is -0.372 e. The predicted octanol–water partition coefficient (Wildman–Crippen LogP) is 1.71. The molecule has 68 valence electrons. The molecular weight excluding hydrogens is 168 g/mol. The fourth-order valence-corrected chi connectivity index (χ4v) is 1.92. The van der Waals surface area contributed by atoms with Gasteiger partial charge in [-0.15, -0.1) is 11.3 Å². The molecule has 1 rings (SSSR count). The molecule has 12 heavy (non-hydrogen) atoms. The maximum absolute atomic E-state index is 3.14. The fraction of sp³-hybridized carbons (Fsp3) is 0.556. The SMILES string of the molecule is CNCCN(C)c1ccsc1C. The largest absolute Gasteiger partial charge is 0.372 e. The van der Waals surface area contributed by atoms with Gasteiger partial charge in [0.2, 0.25) is 0 Å². The van der Waals surface area contributed by atoms with Crippen LogP contribution in [0.2, 0.25) is 0 Å². The van der Waals surface area contributed by atoms with Gasteiger partial charge in [-0.05, 0) is 25.4 Å². The molecule has 0 atom stereocenters. The Kier molecular flexibility index (Phi) is 3.56. The maximum Gasteiger partial charge on any atom is 0.0502 e. The van der Waals surface area contributed by atoms with Gasteiger partial charge in [-0.25, -0.2) is 0 Å². The van der Waals surface area contributed by atoms with Gasteiger partial charge in [0.25, 0.3) is 0 Å². The summed E-state index contributed by atoms with van der Waals surface area (Å²) in [6.07, 6.45) is 0. The molecule has 0 aromatic carbocycles. The van der Waals surface area contributed by atoms with E-state index in [2.05, 4.69) is 35.6 Å². The summed E-state index contributed by atoms with van der Waals surface area (Å²) in [5.74, 6) is 0. The van der Waals surface area contributed by atoms with E-state index in [1.54, 1.807) is 11.3 Å². The molecule has 2 nitrogen and oxygen atoms in total. The highest BCUT2D eigenvalue weighted by atomic mass is 32.1. The lowest BCUT2D eigenvalue weighted by Gasteiger charge is -2.18. The lowest BCUT2D eigenvalue weighted by molar-refractivity contribution is 0.767. The third kappa shape index (κ3) is 2.22. The smallest absolute Gasteiger partial charge is 0.0502 e. The average molecular weight is 184 g/mol. The van der Waals surface area contributed by atoms with E-state index in [9.17, 15) is 0 Å². The topological polar surface area (TPSA) is 15.3 Å². The van der Waals surface area contributed by atoms with Gasteiger partial charge < -0.3 is 10.2 Å². The van der Waals surface area contributed by atoms with E-state index in [1.165, 1.54) is 10.6 Å². The number of nitrogens with zero attached hydrogens (tertiary/aromatic N) is 1. The highest BCUT2D eigenvalue weighted by molar-refractivity contribution is 7.10. The summed E-state index contributed by atoms with van der Waals surface area (Å²) in [5, 5.41) is 5.28. The van der Waals surface area contributed by atoms with E-state index in [-0.39, 0.29) is 0 Å². The third-order valence-electron chi connectivity index (χ3n) is 1.94. The molecule has 0 saturated carbocycles. The molecule has 0 aliphatic carbocycles. The van der Waals surface area contributed by atoms with Crippen molar-refractivity contribution >= 4 is 17.0 Å². The zero-order valence-corrected chi connectivity index (χ0v) is 8.74. The van der Waals surface area contributed by atoms with Crippen LogP contribution < -0.4 is 10.2 Å². The van der Waals surface area contributed by atoms with E-state index >= 15 is 0 Å². The first-order chi connectivity index (χ1) is 5.75. The Hall–Kier alpha value is -0.540. The summed E-state index contributed by atoms with van der Waals surface area (Å²) in [7, 11) is 4.11. The number of anilines is 1. The summed E-state index contributed by atoms with van der Waals surface area (Å²) >= 11 is 1.80. The van der Waals surface area contributed by atoms with Crippen molar-refractivity contribution in [3.05, 3.63) is 16.3 Å². The van der Waals surface area contributed by atoms with Crippen molar-refractivity contribution < 1.29 is 0 Å². The quantitative estimate of drug-likeness (QED) is 0.766. The second-order valence-corrected chi connectivity index (χ2v) is 4.01. The van der Waals surface area contributed by atoms with Crippen LogP contribution in [0.3, 0.4) is 0 Å². The van der Waals surface area contributed by atoms with Gasteiger partial charge in [0.05, 0.1) is 5.69 Å². The molecule has 1 N–H and O–H groups in total. The van der Waals surface area contributed by atoms with Gasteiger partial charge in [-0.3, -0.25) is 0 Å². The fourth-order valence-electron chi connectivity index (χ4n) is 1.17. The zero-order valence-electron chi connectivity index (χ0n) is 7.92. The number of thiophene rings is 1. The average Bonchev–Trinajstić information content (AvgIpc) is 2.47. The Labute approximate surface area is 78.2 Å². The monoisotopic (exact) mass is 184 g/mol. The van der Waals surface area contributed by atoms with E-state index in [0.717, 1.165) is 13.1 Å². The van der Waals surface area contributed by atoms with Gasteiger partial charge in [0, 0.05) is 25.0 Å². The number of hydrogen-bond acceptors (Lipinski definition) is 3. The molecule has 1 heterocycles. The second-order valence-electron chi connectivity index (χ2n) is 2.89. The van der Waals surface area contributed by atoms with E-state index < -0.39 is 0 Å². The number of likely N-dealkylation sites (N-methyl/N-ethyl adjacent to an activating group) is 2. The van der Waals surface area contributed by atoms with Crippen molar-refractivity contribution in [1.29, 1.82) is 0 Å². The van der Waals surface area contributed by atoms with Crippen LogP contribution in [0.5, 0.6) is 0 Å². The van der Waals surface area contributed by atoms with Crippen LogP contribution >= 0.6 is 11.3 Å². The highest BCUT2D eigenvalue weighted by Gasteiger charge is 2.03. The van der Waals surface area contributed by atoms with Gasteiger partial charge in [0.1, 0.15) is 0 Å². The number of hydrogen-bond donors (Lipinski definition) is 1. The molecule has 0 radical (unpaired) electrons. The van der Waals surface area contributed by atoms with Crippen LogP contribution in [-0.4, -0.2) is 27.2 Å². The van der Waals surface area contributed by atoms with Crippen LogP contribution in [-0.2, 0) is 0 Å². The zero-order chi connectivity index (χ0) is 8.97. The van der Waals surface area contributed by atoms with E-state index in [0.29, 0.717) is 0 Å². The van der Waals surface area contributed by atoms with Crippen molar-refractivity contribution in [2.24, 2.45) is 0 Å². The van der Waals surface area contributed by atoms with Crippen molar-refractivity contribution in [3.63, 3.8) is 0 Å². The molecule has 0 fully saturated rings. The first kappa shape index (κ1) is 9.55. The third-order valence-corrected chi connectivity index (χ3v) is 2.77. The van der Waals surface area contributed by atoms with Crippen molar-refractivity contribution in [1.82, 2.24) is 5.32 Å². The van der Waals surface area contributed by atoms with Crippen molar-refractivity contribution in [2.45, 2.75) is 6.92 Å². The Bertz CT molecular complexity index is 232. The van der Waals surface area contributed by atoms with Crippen LogP contribution in [0.1, 0.15) is 4.88 Å². The van der Waals surface area contributed by atoms with Crippen LogP contribution in [0.25, 0.3) is 0 Å². The summed E-state index contributed by atoms with van der Waals surface area (Å²) in [5.41, 5.74) is 1.36. The minimum absolute atomic E-state index is 1.03. The number of rotatable bonds is 4. The normalized spacial score (nSPS) is 10.2. The summed E-state index contributed by atoms with van der Waals surface area (Å²) < 4.78 is 0. The summed E-state index contributed by atoms with van der Waals surface area (Å²) in [6.45, 7) is 4.26. The molecule has 0 saturated heterocycles. The van der Waals surface area contributed by atoms with Crippen LogP contribution in [0, 0.1) is 6.92 Å². The van der Waals surface area contributed by atoms with Gasteiger partial charge in [-0.1, -0.05) is 0 Å². The lowest BCUT2D eigenvalue weighted by Crippen LogP contribution is -2.27. The molecular formula is C9H16N2S. The van der Waals surface area contributed by atoms with Crippen LogP contribution in [0.15, 0.2) is 11.4 Å². The first-order valence-electron chi connectivity index (χ1n) is 4.15. The van der Waals surface area contributed by atoms with Gasteiger partial charge >= 0.3 is 0 Å². The summed E-state index contributed by atoms with van der Waals surface area (Å²) in [4.78, 5) is 3.68. The Morgan fingerprint density at radius 2 is 2.33 bits per heavy atom. The van der Waals surface area contributed by atoms with Gasteiger partial charge in [-0.2, -0.15) is 0 Å². The first-order valence-corrected chi connectivity index (χ1v) is 5.03. The molecule has 0 unspecified atom stereocenters. The minimum atomic E-state index is 1.03. The number of aryl methyl sites for hydroxylation is 1. The molecule has 0 amide bonds. The predicted molar refractivity (Wildman–Crippen MR) is 56.3 cm³/mol. The Morgan fingerprint density at radius 1 is 1.58 bits per heavy atom. The molecule has 1 aromatic rings. The van der Waals surface area contributed by atoms with Crippen LogP contribution in [0.4, 0.5) is 5.69 Å². The molecule has 0 aliphatic rings. The van der Waals surface area contributed by atoms with Crippen molar-refractivity contribution in [3.8, 4) is 0 Å². The molecule has 3 heteroatoms. The lowest BCUT2D eigenvalue weighted by atomic mass is 10.3.